The number of phenols is 1. The Hall–Kier alpha value is -13.2. The van der Waals surface area contributed by atoms with Gasteiger partial charge in [0, 0.05) is 71.2 Å². The van der Waals surface area contributed by atoms with E-state index in [1.807, 2.05) is 13.8 Å². The third-order valence-electron chi connectivity index (χ3n) is 23.0. The summed E-state index contributed by atoms with van der Waals surface area (Å²) in [6, 6.07) is -14.9. The first-order chi connectivity index (χ1) is 66.6. The van der Waals surface area contributed by atoms with Crippen LogP contribution in [0.25, 0.3) is 0 Å². The van der Waals surface area contributed by atoms with Crippen LogP contribution in [0.1, 0.15) is 235 Å². The van der Waals surface area contributed by atoms with E-state index in [0.717, 1.165) is 0 Å². The van der Waals surface area contributed by atoms with Gasteiger partial charge in [-0.2, -0.15) is 0 Å². The van der Waals surface area contributed by atoms with Gasteiger partial charge in [-0.05, 0) is 183 Å². The molecule has 50 nitrogen and oxygen atoms in total. The van der Waals surface area contributed by atoms with Gasteiger partial charge in [-0.25, -0.2) is 64.9 Å². The lowest BCUT2D eigenvalue weighted by Gasteiger charge is -2.33. The van der Waals surface area contributed by atoms with Gasteiger partial charge in [0.25, 0.3) is 0 Å². The van der Waals surface area contributed by atoms with Gasteiger partial charge < -0.3 is 145 Å². The molecule has 32 N–H and O–H groups in total. The topological polar surface area (TPSA) is 862 Å². The van der Waals surface area contributed by atoms with Crippen LogP contribution in [0.15, 0.2) is 94.2 Å². The minimum Gasteiger partial charge on any atom is -0.508 e. The first-order valence-corrected chi connectivity index (χ1v) is 47.7. The summed E-state index contributed by atoms with van der Waals surface area (Å²) in [4.78, 5) is 139. The molecule has 17 unspecified atom stereocenters. The maximum atomic E-state index is 15.1. The number of aliphatic hydroxyl groups is 15. The predicted octanol–water partition coefficient (Wildman–Crippen LogP) is 7.54. The fraction of sp³-hybridized carbons (Fsp3) is 0.692. The second-order valence-corrected chi connectivity index (χ2v) is 35.7. The summed E-state index contributed by atoms with van der Waals surface area (Å²) in [5.41, 5.74) is 23.2. The molecule has 2 fully saturated rings. The van der Waals surface area contributed by atoms with Crippen molar-refractivity contribution in [2.75, 3.05) is 52.4 Å². The van der Waals surface area contributed by atoms with E-state index >= 15 is 9.59 Å². The molecule has 0 aliphatic carbocycles. The van der Waals surface area contributed by atoms with Crippen molar-refractivity contribution >= 4 is 130 Å². The van der Waals surface area contributed by atoms with E-state index < -0.39 is 265 Å². The third kappa shape index (κ3) is 45.8. The van der Waals surface area contributed by atoms with Crippen LogP contribution in [0.4, 0.5) is 0 Å². The Morgan fingerprint density at radius 1 is 0.426 bits per heavy atom. The lowest BCUT2D eigenvalue weighted by atomic mass is 9.97. The standard InChI is InChI=1S/C91H152N24O26/c1-10-51(7)46-67(118)102-60(32-35-70(122)123)81(133)106-61(33-36-71(124)125)82(134)109-63(45-49(3)4)77(129)101-48-68(119)103-57(21-12-14-38-92)78(130)105-59(24-17-42-100-91(96)97)79(131)107-62(34-37-72(126)127)83(135)111-73(50(5)6)86(138)113-75(53(9)116)87(139)112-74(52(8)11-2)89(141)115-44-20-26-66(115)88(140)114-43-19-25-65(114)85(137)108-58(22-13-15-39-93)80(132)110-64(47-54-28-30-55(117)31-29-54)84(136)104-56(23-16-41-99-90(94)95)76(128)98-40-18-27-69(120)121/h28-31,49-53,56-66,73-75,116-117H,10-27,32-48,92-93H2,1-9H3,(H,98,128)(H,101,129)(H,102,118)(H,103,119)(H,104,136)(H,105,130)(H,106,133)(H,107,131)(H,108,137)(H,109,134)(H,110,132)(H,111,135)(H,112,139)(H,113,138)(H,120,121)(H,122,123)(H,124,125)(H,126,127)(H4,94,95,99)(H4,96,97,100). The van der Waals surface area contributed by atoms with Crippen LogP contribution in [0, 0.1) is 34.5 Å². The molecule has 0 bridgehead atoms. The number of aliphatic hydroxyl groups excluding tert-OH is 15. The van der Waals surface area contributed by atoms with Gasteiger partial charge in [-0.3, -0.25) is 44.6 Å². The molecule has 17 atom stereocenters. The van der Waals surface area contributed by atoms with Gasteiger partial charge in [0.2, 0.25) is 88.5 Å². The number of aliphatic carboxylic acids is 4. The number of aliphatic imine (C=N–C) groups is 14. The second-order valence-electron chi connectivity index (χ2n) is 35.7. The number of rotatable bonds is 68. The first-order valence-electron chi connectivity index (χ1n) is 47.7. The summed E-state index contributed by atoms with van der Waals surface area (Å²) in [7, 11) is 0. The highest BCUT2D eigenvalue weighted by Gasteiger charge is 2.45. The highest BCUT2D eigenvalue weighted by atomic mass is 16.4. The Balaban J connectivity index is 2.17. The fourth-order valence-electron chi connectivity index (χ4n) is 14.8. The number of carbonyl (C=O) groups is 6. The van der Waals surface area contributed by atoms with Crippen molar-refractivity contribution in [3.8, 4) is 5.75 Å². The van der Waals surface area contributed by atoms with E-state index in [4.69, 9.17) is 33.8 Å². The summed E-state index contributed by atoms with van der Waals surface area (Å²) in [5, 5.41) is 243. The number of nitrogens with two attached hydrogens (primary N) is 4. The van der Waals surface area contributed by atoms with Gasteiger partial charge >= 0.3 is 23.9 Å². The molecular weight excluding hydrogens is 1850 g/mol. The smallest absolute Gasteiger partial charge is 0.303 e. The van der Waals surface area contributed by atoms with Crippen molar-refractivity contribution in [1.29, 1.82) is 10.8 Å². The van der Waals surface area contributed by atoms with E-state index in [9.17, 15) is 121 Å². The number of likely N-dealkylation sites (tertiary alicyclic amines) is 2. The summed E-state index contributed by atoms with van der Waals surface area (Å²) < 4.78 is 0. The quantitative estimate of drug-likeness (QED) is 0.0170. The average molecular weight is 2000 g/mol. The zero-order valence-electron chi connectivity index (χ0n) is 81.9. The Morgan fingerprint density at radius 2 is 0.823 bits per heavy atom. The third-order valence-corrected chi connectivity index (χ3v) is 23.0. The minimum atomic E-state index is -1.87. The highest BCUT2D eigenvalue weighted by molar-refractivity contribution is 5.98. The largest absolute Gasteiger partial charge is 0.508 e. The SMILES string of the molecule is CCC(C)CC(O)=NC(CCC(=O)O)C(O)=NC(CCC(=O)O)C(O)=NC(CC(C)C)C(O)=NCC(O)=NC(CCCCN)C(O)=NC(CCCNC(=N)N)C(O)=NC(CCC(=O)O)C(O)=NC(C(O)=NC(C(O)=NC(C(=O)N1CCCC1C(=O)N1CCCC1C(O)=NC(CCCCN)C(O)=NC(Cc1ccc(O)cc1)C(O)=NC(CCCNC(=N)N)C(O)=NCCCC(=O)O)C(C)CC)C(C)O)C(C)C. The van der Waals surface area contributed by atoms with E-state index in [0.29, 0.717) is 44.1 Å². The van der Waals surface area contributed by atoms with Crippen LogP contribution in [-0.4, -0.2) is 385 Å². The van der Waals surface area contributed by atoms with Crippen LogP contribution < -0.4 is 33.6 Å². The molecule has 792 valence electrons. The predicted molar refractivity (Wildman–Crippen MR) is 538 cm³/mol. The van der Waals surface area contributed by atoms with E-state index in [2.05, 4.69) is 80.5 Å². The number of benzene rings is 1. The number of carboxylic acid groups (broad SMARTS) is 4. The number of guanidine groups is 2. The van der Waals surface area contributed by atoms with Gasteiger partial charge in [0.15, 0.2) is 23.9 Å². The van der Waals surface area contributed by atoms with E-state index in [1.165, 1.54) is 54.8 Å². The minimum absolute atomic E-state index is 0.0126. The van der Waals surface area contributed by atoms with Crippen molar-refractivity contribution < 1.29 is 131 Å². The number of carboxylic acids is 4. The second kappa shape index (κ2) is 64.2. The molecule has 50 heteroatoms. The normalized spacial score (nSPS) is 19.1. The van der Waals surface area contributed by atoms with Gasteiger partial charge in [-0.1, -0.05) is 80.4 Å². The molecule has 2 heterocycles. The number of aromatic hydroxyl groups is 1. The Morgan fingerprint density at radius 3 is 1.28 bits per heavy atom. The number of carbonyl (C=O) groups excluding carboxylic acids is 2. The maximum absolute atomic E-state index is 15.1. The number of unbranched alkanes of at least 4 members (excludes halogenated alkanes) is 2. The van der Waals surface area contributed by atoms with Crippen molar-refractivity contribution in [1.82, 2.24) is 20.4 Å². The van der Waals surface area contributed by atoms with Gasteiger partial charge in [-0.15, -0.1) is 0 Å². The molecule has 2 amide bonds. The average Bonchev–Trinajstić information content (AvgIpc) is 1.66. The molecule has 1 aromatic carbocycles. The van der Waals surface area contributed by atoms with Gasteiger partial charge in [0.1, 0.15) is 90.8 Å². The van der Waals surface area contributed by atoms with Crippen LogP contribution in [0.2, 0.25) is 0 Å². The van der Waals surface area contributed by atoms with E-state index in [-0.39, 0.29) is 172 Å². The molecule has 0 spiro atoms. The number of hydrogen-bond donors (Lipinski definition) is 28. The molecule has 0 saturated carbocycles. The van der Waals surface area contributed by atoms with Crippen LogP contribution in [-0.2, 0) is 35.2 Å². The zero-order chi connectivity index (χ0) is 106. The highest BCUT2D eigenvalue weighted by Crippen LogP contribution is 2.30. The van der Waals surface area contributed by atoms with Crippen molar-refractivity contribution in [2.24, 2.45) is 116 Å². The molecule has 2 aliphatic heterocycles. The molecule has 1 aromatic rings. The van der Waals surface area contributed by atoms with Crippen molar-refractivity contribution in [3.63, 3.8) is 0 Å². The van der Waals surface area contributed by atoms with Gasteiger partial charge in [0.05, 0.1) is 6.10 Å². The lowest BCUT2D eigenvalue weighted by molar-refractivity contribution is -0.145. The molecule has 141 heavy (non-hydrogen) atoms. The molecule has 0 radical (unpaired) electrons. The molecule has 2 aliphatic rings. The number of phenolic OH excluding ortho intramolecular Hbond substituents is 1. The van der Waals surface area contributed by atoms with Crippen LogP contribution in [0.3, 0.4) is 0 Å². The summed E-state index contributed by atoms with van der Waals surface area (Å²) >= 11 is 0. The Labute approximate surface area is 819 Å². The summed E-state index contributed by atoms with van der Waals surface area (Å²) in [6.45, 7) is 14.3. The number of amides is 2. The first kappa shape index (κ1) is 122. The molecule has 0 aromatic heterocycles. The van der Waals surface area contributed by atoms with E-state index in [1.54, 1.807) is 27.7 Å². The van der Waals surface area contributed by atoms with Crippen LogP contribution >= 0.6 is 0 Å². The summed E-state index contributed by atoms with van der Waals surface area (Å²) in [5.74, 6) is -20.4. The number of hydrogen-bond acceptors (Lipinski definition) is 26. The lowest BCUT2D eigenvalue weighted by Crippen LogP contribution is -2.53. The number of nitrogens with zero attached hydrogens (tertiary/aromatic N) is 16. The number of nitrogens with one attached hydrogen (secondary N) is 4. The monoisotopic (exact) mass is 2000 g/mol. The molecule has 2 saturated heterocycles. The van der Waals surface area contributed by atoms with Crippen LogP contribution in [0.5, 0.6) is 5.75 Å². The Bertz CT molecular complexity index is 4610. The Kier molecular flexibility index (Phi) is 55.6. The van der Waals surface area contributed by atoms with Crippen molar-refractivity contribution in [3.05, 3.63) is 29.8 Å². The molecular formula is C91H152N24O26. The zero-order valence-corrected chi connectivity index (χ0v) is 81.9. The van der Waals surface area contributed by atoms with Crippen molar-refractivity contribution in [2.45, 2.75) is 326 Å². The molecule has 3 rings (SSSR count). The summed E-state index contributed by atoms with van der Waals surface area (Å²) in [6.07, 6.45) is -2.34. The maximum Gasteiger partial charge on any atom is 0.303 e. The fourth-order valence-corrected chi connectivity index (χ4v) is 14.8.